The van der Waals surface area contributed by atoms with Gasteiger partial charge in [0, 0.05) is 0 Å². The molecule has 0 aliphatic rings. The van der Waals surface area contributed by atoms with Crippen LogP contribution in [0, 0.1) is 0 Å². The zero-order valence-electron chi connectivity index (χ0n) is 9.51. The average Bonchev–Trinajstić information content (AvgIpc) is 2.85. The highest BCUT2D eigenvalue weighted by atomic mass is 16.5. The number of hydrogen-bond donors (Lipinski definition) is 3. The Bertz CT molecular complexity index is 484. The number of nitrogen functional groups attached to an aromatic ring is 1. The van der Waals surface area contributed by atoms with Gasteiger partial charge in [0.1, 0.15) is 24.2 Å². The zero-order valence-corrected chi connectivity index (χ0v) is 9.51. The monoisotopic (exact) mass is 235 g/mol. The molecule has 0 aliphatic carbocycles. The van der Waals surface area contributed by atoms with Crippen LogP contribution < -0.4 is 15.8 Å². The Kier molecular flexibility index (Phi) is 3.03. The number of anilines is 2. The van der Waals surface area contributed by atoms with E-state index in [0.29, 0.717) is 23.2 Å². The van der Waals surface area contributed by atoms with Crippen molar-refractivity contribution in [1.29, 1.82) is 0 Å². The van der Waals surface area contributed by atoms with E-state index in [-0.39, 0.29) is 6.04 Å². The number of nitrogens with one attached hydrogen (secondary N) is 2. The predicted molar refractivity (Wildman–Crippen MR) is 61.4 cm³/mol. The Morgan fingerprint density at radius 3 is 2.82 bits per heavy atom. The zero-order chi connectivity index (χ0) is 12.3. The summed E-state index contributed by atoms with van der Waals surface area (Å²) in [5.74, 6) is 1.54. The third kappa shape index (κ3) is 2.25. The number of ether oxygens (including phenoxy) is 1. The quantitative estimate of drug-likeness (QED) is 0.700. The summed E-state index contributed by atoms with van der Waals surface area (Å²) in [4.78, 5) is 12.0. The molecular formula is C9H13N7O. The molecule has 0 spiro atoms. The number of nitrogens with zero attached hydrogens (tertiary/aromatic N) is 4. The van der Waals surface area contributed by atoms with Gasteiger partial charge in [-0.1, -0.05) is 0 Å². The van der Waals surface area contributed by atoms with Crippen LogP contribution in [0.3, 0.4) is 0 Å². The van der Waals surface area contributed by atoms with Crippen LogP contribution in [0.5, 0.6) is 5.88 Å². The Morgan fingerprint density at radius 1 is 1.35 bits per heavy atom. The van der Waals surface area contributed by atoms with Crippen LogP contribution in [0.1, 0.15) is 18.8 Å². The molecule has 2 rings (SSSR count). The predicted octanol–water partition coefficient (Wildman–Crippen LogP) is 0.359. The van der Waals surface area contributed by atoms with Crippen molar-refractivity contribution < 1.29 is 4.74 Å². The second-order valence-electron chi connectivity index (χ2n) is 3.38. The van der Waals surface area contributed by atoms with Gasteiger partial charge in [-0.25, -0.2) is 9.97 Å². The number of aromatic amines is 1. The van der Waals surface area contributed by atoms with Gasteiger partial charge in [-0.05, 0) is 6.92 Å². The maximum Gasteiger partial charge on any atom is 0.242 e. The van der Waals surface area contributed by atoms with E-state index in [0.717, 1.165) is 0 Å². The summed E-state index contributed by atoms with van der Waals surface area (Å²) < 4.78 is 5.01. The fourth-order valence-corrected chi connectivity index (χ4v) is 1.35. The minimum Gasteiger partial charge on any atom is -0.479 e. The lowest BCUT2D eigenvalue weighted by Gasteiger charge is -2.14. The molecule has 0 fully saturated rings. The smallest absolute Gasteiger partial charge is 0.242 e. The Hall–Kier alpha value is -2.38. The first-order chi connectivity index (χ1) is 8.22. The van der Waals surface area contributed by atoms with Crippen molar-refractivity contribution in [1.82, 2.24) is 25.1 Å². The van der Waals surface area contributed by atoms with Gasteiger partial charge < -0.3 is 15.8 Å². The largest absolute Gasteiger partial charge is 0.479 e. The second kappa shape index (κ2) is 4.64. The average molecular weight is 235 g/mol. The lowest BCUT2D eigenvalue weighted by atomic mass is 10.3. The van der Waals surface area contributed by atoms with Crippen molar-refractivity contribution in [3.05, 3.63) is 18.5 Å². The molecule has 2 aromatic heterocycles. The number of nitrogens with two attached hydrogens (primary N) is 1. The van der Waals surface area contributed by atoms with Crippen molar-refractivity contribution in [3.8, 4) is 5.88 Å². The molecule has 0 aromatic carbocycles. The van der Waals surface area contributed by atoms with Crippen LogP contribution in [0.15, 0.2) is 12.7 Å². The van der Waals surface area contributed by atoms with Gasteiger partial charge in [0.2, 0.25) is 5.88 Å². The number of rotatable bonds is 4. The third-order valence-corrected chi connectivity index (χ3v) is 2.24. The van der Waals surface area contributed by atoms with Gasteiger partial charge in [-0.3, -0.25) is 5.10 Å². The first kappa shape index (κ1) is 11.1. The molecule has 0 radical (unpaired) electrons. The van der Waals surface area contributed by atoms with Crippen LogP contribution in [0.2, 0.25) is 0 Å². The van der Waals surface area contributed by atoms with E-state index in [2.05, 4.69) is 30.5 Å². The minimum atomic E-state index is -0.0978. The molecule has 8 heteroatoms. The Labute approximate surface area is 97.6 Å². The van der Waals surface area contributed by atoms with Gasteiger partial charge in [0.25, 0.3) is 0 Å². The standard InChI is InChI=1S/C9H13N7O/c1-5(7-12-4-14-16-7)15-8-6(10)9(17-2)13-3-11-8/h3-5H,10H2,1-2H3,(H,11,13,15)(H,12,14,16). The molecule has 2 aromatic rings. The number of aromatic nitrogens is 5. The van der Waals surface area contributed by atoms with E-state index in [9.17, 15) is 0 Å². The van der Waals surface area contributed by atoms with Gasteiger partial charge in [0.15, 0.2) is 5.82 Å². The summed E-state index contributed by atoms with van der Waals surface area (Å²) in [5, 5.41) is 9.64. The van der Waals surface area contributed by atoms with Crippen LogP contribution in [0.4, 0.5) is 11.5 Å². The van der Waals surface area contributed by atoms with E-state index in [1.807, 2.05) is 6.92 Å². The number of H-pyrrole nitrogens is 1. The van der Waals surface area contributed by atoms with Crippen LogP contribution in [0.25, 0.3) is 0 Å². The maximum atomic E-state index is 5.84. The Morgan fingerprint density at radius 2 is 2.18 bits per heavy atom. The molecule has 2 heterocycles. The van der Waals surface area contributed by atoms with E-state index in [4.69, 9.17) is 10.5 Å². The molecule has 1 unspecified atom stereocenters. The highest BCUT2D eigenvalue weighted by Crippen LogP contribution is 2.26. The topological polar surface area (TPSA) is 115 Å². The fourth-order valence-electron chi connectivity index (χ4n) is 1.35. The summed E-state index contributed by atoms with van der Waals surface area (Å²) in [7, 11) is 1.50. The van der Waals surface area contributed by atoms with Crippen molar-refractivity contribution in [2.24, 2.45) is 0 Å². The van der Waals surface area contributed by atoms with E-state index < -0.39 is 0 Å². The third-order valence-electron chi connectivity index (χ3n) is 2.24. The summed E-state index contributed by atoms with van der Waals surface area (Å²) in [6.07, 6.45) is 2.82. The normalized spacial score (nSPS) is 12.1. The lowest BCUT2D eigenvalue weighted by Crippen LogP contribution is -2.12. The van der Waals surface area contributed by atoms with Crippen LogP contribution >= 0.6 is 0 Å². The van der Waals surface area contributed by atoms with Crippen molar-refractivity contribution >= 4 is 11.5 Å². The highest BCUT2D eigenvalue weighted by Gasteiger charge is 2.13. The summed E-state index contributed by atoms with van der Waals surface area (Å²) >= 11 is 0. The second-order valence-corrected chi connectivity index (χ2v) is 3.38. The maximum absolute atomic E-state index is 5.84. The molecule has 17 heavy (non-hydrogen) atoms. The molecule has 1 atom stereocenters. The molecular weight excluding hydrogens is 222 g/mol. The van der Waals surface area contributed by atoms with Gasteiger partial charge >= 0.3 is 0 Å². The molecule has 8 nitrogen and oxygen atoms in total. The SMILES string of the molecule is COc1ncnc(NC(C)c2ncn[nH]2)c1N. The molecule has 0 saturated carbocycles. The molecule has 90 valence electrons. The van der Waals surface area contributed by atoms with Crippen molar-refractivity contribution in [2.75, 3.05) is 18.2 Å². The van der Waals surface area contributed by atoms with E-state index >= 15 is 0 Å². The van der Waals surface area contributed by atoms with Gasteiger partial charge in [0.05, 0.1) is 13.2 Å². The minimum absolute atomic E-state index is 0.0978. The molecule has 0 amide bonds. The first-order valence-corrected chi connectivity index (χ1v) is 4.98. The summed E-state index contributed by atoms with van der Waals surface area (Å²) in [6, 6.07) is -0.0978. The number of hydrogen-bond acceptors (Lipinski definition) is 7. The molecule has 4 N–H and O–H groups in total. The number of methoxy groups -OCH3 is 1. The van der Waals surface area contributed by atoms with Gasteiger partial charge in [-0.15, -0.1) is 0 Å². The van der Waals surface area contributed by atoms with Crippen molar-refractivity contribution in [2.45, 2.75) is 13.0 Å². The van der Waals surface area contributed by atoms with E-state index in [1.165, 1.54) is 19.8 Å². The molecule has 0 aliphatic heterocycles. The summed E-state index contributed by atoms with van der Waals surface area (Å²) in [5.41, 5.74) is 6.20. The Balaban J connectivity index is 2.19. The van der Waals surface area contributed by atoms with Crippen LogP contribution in [-0.2, 0) is 0 Å². The fraction of sp³-hybridized carbons (Fsp3) is 0.333. The summed E-state index contributed by atoms with van der Waals surface area (Å²) in [6.45, 7) is 1.91. The van der Waals surface area contributed by atoms with E-state index in [1.54, 1.807) is 0 Å². The molecule has 0 saturated heterocycles. The lowest BCUT2D eigenvalue weighted by molar-refractivity contribution is 0.399. The first-order valence-electron chi connectivity index (χ1n) is 4.98. The van der Waals surface area contributed by atoms with Crippen molar-refractivity contribution in [3.63, 3.8) is 0 Å². The highest BCUT2D eigenvalue weighted by molar-refractivity contribution is 5.66. The molecule has 0 bridgehead atoms. The van der Waals surface area contributed by atoms with Gasteiger partial charge in [-0.2, -0.15) is 10.1 Å². The van der Waals surface area contributed by atoms with Crippen LogP contribution in [-0.4, -0.2) is 32.3 Å².